The number of anilines is 1. The van der Waals surface area contributed by atoms with Gasteiger partial charge in [0, 0.05) is 5.54 Å². The Hall–Kier alpha value is -1.72. The van der Waals surface area contributed by atoms with Crippen molar-refractivity contribution in [1.82, 2.24) is 9.97 Å². The number of nitrogens with zero attached hydrogens (tertiary/aromatic N) is 2. The van der Waals surface area contributed by atoms with Crippen LogP contribution in [0.4, 0.5) is 10.3 Å². The molecule has 16 heavy (non-hydrogen) atoms. The van der Waals surface area contributed by atoms with Gasteiger partial charge < -0.3 is 10.4 Å². The first-order valence-electron chi connectivity index (χ1n) is 5.03. The second kappa shape index (κ2) is 2.69. The van der Waals surface area contributed by atoms with Crippen LogP contribution in [0.25, 0.3) is 0 Å². The molecule has 1 aromatic rings. The van der Waals surface area contributed by atoms with E-state index in [2.05, 4.69) is 15.3 Å². The fourth-order valence-electron chi connectivity index (χ4n) is 2.76. The molecule has 4 rings (SSSR count). The van der Waals surface area contributed by atoms with Gasteiger partial charge in [0.05, 0.1) is 17.8 Å². The number of carboxylic acids is 1. The maximum Gasteiger partial charge on any atom is 0.309 e. The minimum Gasteiger partial charge on any atom is -0.481 e. The molecule has 0 unspecified atom stereocenters. The lowest BCUT2D eigenvalue weighted by Crippen LogP contribution is -2.73. The van der Waals surface area contributed by atoms with Crippen LogP contribution < -0.4 is 5.32 Å². The third kappa shape index (κ3) is 1.12. The predicted molar refractivity (Wildman–Crippen MR) is 52.3 cm³/mol. The molecule has 3 saturated carbocycles. The first kappa shape index (κ1) is 9.50. The van der Waals surface area contributed by atoms with E-state index in [1.807, 2.05) is 0 Å². The van der Waals surface area contributed by atoms with Crippen molar-refractivity contribution in [3.05, 3.63) is 18.2 Å². The summed E-state index contributed by atoms with van der Waals surface area (Å²) < 4.78 is 12.6. The Morgan fingerprint density at radius 1 is 1.38 bits per heavy atom. The number of aliphatic carboxylic acids is 1. The zero-order valence-electron chi connectivity index (χ0n) is 8.40. The Bertz CT molecular complexity index is 440. The second-order valence-electron chi connectivity index (χ2n) is 4.75. The van der Waals surface area contributed by atoms with Crippen molar-refractivity contribution < 1.29 is 14.3 Å². The normalized spacial score (nSPS) is 34.8. The number of carboxylic acid groups (broad SMARTS) is 1. The summed E-state index contributed by atoms with van der Waals surface area (Å²) in [5, 5.41) is 12.0. The van der Waals surface area contributed by atoms with Crippen molar-refractivity contribution in [2.24, 2.45) is 5.41 Å². The number of nitrogens with one attached hydrogen (secondary N) is 1. The number of aromatic nitrogens is 2. The third-order valence-electron chi connectivity index (χ3n) is 3.48. The van der Waals surface area contributed by atoms with Gasteiger partial charge in [-0.15, -0.1) is 0 Å². The number of hydrogen-bond acceptors (Lipinski definition) is 4. The SMILES string of the molecule is O=C(O)C12CC(Nc3ncc(F)cn3)(C1)C2. The molecule has 5 nitrogen and oxygen atoms in total. The maximum absolute atomic E-state index is 12.6. The fraction of sp³-hybridized carbons (Fsp3) is 0.500. The average molecular weight is 223 g/mol. The van der Waals surface area contributed by atoms with Crippen LogP contribution in [-0.4, -0.2) is 26.6 Å². The van der Waals surface area contributed by atoms with Gasteiger partial charge in [-0.25, -0.2) is 14.4 Å². The molecule has 0 saturated heterocycles. The van der Waals surface area contributed by atoms with E-state index in [0.717, 1.165) is 12.4 Å². The van der Waals surface area contributed by atoms with Crippen LogP contribution in [-0.2, 0) is 4.79 Å². The molecule has 1 heterocycles. The molecule has 3 aliphatic carbocycles. The van der Waals surface area contributed by atoms with E-state index in [9.17, 15) is 9.18 Å². The van der Waals surface area contributed by atoms with Crippen molar-refractivity contribution >= 4 is 11.9 Å². The molecule has 3 aliphatic rings. The molecule has 2 N–H and O–H groups in total. The number of hydrogen-bond donors (Lipinski definition) is 2. The molecule has 1 aromatic heterocycles. The minimum absolute atomic E-state index is 0.170. The molecule has 0 atom stereocenters. The van der Waals surface area contributed by atoms with Crippen LogP contribution in [0.2, 0.25) is 0 Å². The molecule has 2 bridgehead atoms. The highest BCUT2D eigenvalue weighted by Gasteiger charge is 2.72. The van der Waals surface area contributed by atoms with Crippen LogP contribution in [0.15, 0.2) is 12.4 Å². The first-order chi connectivity index (χ1) is 7.54. The molecule has 6 heteroatoms. The van der Waals surface area contributed by atoms with Gasteiger partial charge in [0.15, 0.2) is 5.82 Å². The summed E-state index contributed by atoms with van der Waals surface area (Å²) in [5.74, 6) is -0.846. The number of rotatable bonds is 3. The van der Waals surface area contributed by atoms with Gasteiger partial charge in [0.2, 0.25) is 5.95 Å². The molecule has 0 aliphatic heterocycles. The van der Waals surface area contributed by atoms with E-state index >= 15 is 0 Å². The number of halogens is 1. The second-order valence-corrected chi connectivity index (χ2v) is 4.75. The van der Waals surface area contributed by atoms with Crippen molar-refractivity contribution in [2.75, 3.05) is 5.32 Å². The van der Waals surface area contributed by atoms with E-state index in [4.69, 9.17) is 5.11 Å². The molecule has 3 fully saturated rings. The number of carbonyl (C=O) groups is 1. The summed E-state index contributed by atoms with van der Waals surface area (Å²) in [5.41, 5.74) is -0.691. The molecule has 0 amide bonds. The van der Waals surface area contributed by atoms with E-state index < -0.39 is 17.2 Å². The van der Waals surface area contributed by atoms with Crippen molar-refractivity contribution in [1.29, 1.82) is 0 Å². The van der Waals surface area contributed by atoms with Crippen LogP contribution in [0.3, 0.4) is 0 Å². The highest BCUT2D eigenvalue weighted by atomic mass is 19.1. The maximum atomic E-state index is 12.6. The van der Waals surface area contributed by atoms with Crippen molar-refractivity contribution in [3.63, 3.8) is 0 Å². The van der Waals surface area contributed by atoms with Crippen molar-refractivity contribution in [2.45, 2.75) is 24.8 Å². The van der Waals surface area contributed by atoms with Crippen LogP contribution in [0.1, 0.15) is 19.3 Å². The molecule has 0 radical (unpaired) electrons. The molecule has 0 spiro atoms. The zero-order valence-corrected chi connectivity index (χ0v) is 8.40. The fourth-order valence-corrected chi connectivity index (χ4v) is 2.76. The van der Waals surface area contributed by atoms with Gasteiger partial charge in [0.25, 0.3) is 0 Å². The summed E-state index contributed by atoms with van der Waals surface area (Å²) >= 11 is 0. The monoisotopic (exact) mass is 223 g/mol. The first-order valence-corrected chi connectivity index (χ1v) is 5.03. The topological polar surface area (TPSA) is 75.1 Å². The third-order valence-corrected chi connectivity index (χ3v) is 3.48. The van der Waals surface area contributed by atoms with Gasteiger partial charge in [-0.3, -0.25) is 4.79 Å². The summed E-state index contributed by atoms with van der Waals surface area (Å²) in [6.07, 6.45) is 4.00. The minimum atomic E-state index is -0.726. The van der Waals surface area contributed by atoms with Crippen molar-refractivity contribution in [3.8, 4) is 0 Å². The highest BCUT2D eigenvalue weighted by Crippen LogP contribution is 2.68. The summed E-state index contributed by atoms with van der Waals surface area (Å²) in [7, 11) is 0. The molecule has 0 aromatic carbocycles. The van der Waals surface area contributed by atoms with Crippen LogP contribution in [0.5, 0.6) is 0 Å². The highest BCUT2D eigenvalue weighted by molar-refractivity contribution is 5.81. The van der Waals surface area contributed by atoms with E-state index in [0.29, 0.717) is 25.2 Å². The Labute approximate surface area is 90.7 Å². The lowest BCUT2D eigenvalue weighted by Gasteiger charge is -2.67. The summed E-state index contributed by atoms with van der Waals surface area (Å²) in [6.45, 7) is 0. The Morgan fingerprint density at radius 2 is 1.94 bits per heavy atom. The van der Waals surface area contributed by atoms with Gasteiger partial charge in [-0.05, 0) is 19.3 Å². The van der Waals surface area contributed by atoms with E-state index in [-0.39, 0.29) is 5.54 Å². The quantitative estimate of drug-likeness (QED) is 0.800. The predicted octanol–water partition coefficient (Wildman–Crippen LogP) is 1.03. The zero-order chi connectivity index (χ0) is 11.4. The standard InChI is InChI=1S/C10H10FN3O2/c11-6-1-12-8(13-2-6)14-10-3-9(4-10,5-10)7(15)16/h1-2H,3-5H2,(H,15,16)(H,12,13,14). The lowest BCUT2D eigenvalue weighted by molar-refractivity contribution is -0.186. The Balaban J connectivity index is 1.67. The van der Waals surface area contributed by atoms with Gasteiger partial charge in [-0.1, -0.05) is 0 Å². The smallest absolute Gasteiger partial charge is 0.309 e. The van der Waals surface area contributed by atoms with E-state index in [1.54, 1.807) is 0 Å². The largest absolute Gasteiger partial charge is 0.481 e. The summed E-state index contributed by atoms with van der Waals surface area (Å²) in [6, 6.07) is 0. The Kier molecular flexibility index (Phi) is 1.60. The van der Waals surface area contributed by atoms with Crippen LogP contribution in [0, 0.1) is 11.2 Å². The molecular formula is C10H10FN3O2. The molecule has 84 valence electrons. The Morgan fingerprint density at radius 3 is 2.44 bits per heavy atom. The van der Waals surface area contributed by atoms with Crippen LogP contribution >= 0.6 is 0 Å². The lowest BCUT2D eigenvalue weighted by atomic mass is 9.39. The van der Waals surface area contributed by atoms with Gasteiger partial charge in [-0.2, -0.15) is 0 Å². The molecular weight excluding hydrogens is 213 g/mol. The average Bonchev–Trinajstić information content (AvgIpc) is 2.11. The summed E-state index contributed by atoms with van der Waals surface area (Å²) in [4.78, 5) is 18.5. The van der Waals surface area contributed by atoms with Gasteiger partial charge >= 0.3 is 5.97 Å². The van der Waals surface area contributed by atoms with Gasteiger partial charge in [0.1, 0.15) is 0 Å². The van der Waals surface area contributed by atoms with E-state index in [1.165, 1.54) is 0 Å².